The number of hydrazine groups is 1. The molecule has 10 heteroatoms. The highest BCUT2D eigenvalue weighted by Gasteiger charge is 2.34. The Morgan fingerprint density at radius 2 is 2.14 bits per heavy atom. The van der Waals surface area contributed by atoms with Crippen LogP contribution in [-0.4, -0.2) is 51.5 Å². The number of carbonyl (C=O) groups excluding carboxylic acids is 1. The molecule has 1 rings (SSSR count). The quantitative estimate of drug-likeness (QED) is 0.244. The number of aliphatic hydroxyl groups is 1. The summed E-state index contributed by atoms with van der Waals surface area (Å²) in [5.41, 5.74) is 1.02. The van der Waals surface area contributed by atoms with Crippen molar-refractivity contribution < 1.29 is 19.7 Å². The van der Waals surface area contributed by atoms with Crippen molar-refractivity contribution in [3.05, 3.63) is 10.1 Å². The summed E-state index contributed by atoms with van der Waals surface area (Å²) in [6.07, 6.45) is -0.851. The number of likely N-dealkylation sites (tertiary alicyclic amines) is 1. The number of alkyl carbamates (subject to hydrolysis) is 1. The van der Waals surface area contributed by atoms with Gasteiger partial charge in [-0.2, -0.15) is 0 Å². The van der Waals surface area contributed by atoms with Gasteiger partial charge in [0, 0.05) is 6.54 Å². The third kappa shape index (κ3) is 5.42. The third-order valence-electron chi connectivity index (χ3n) is 2.78. The lowest BCUT2D eigenvalue weighted by Gasteiger charge is -2.38. The molecule has 1 aliphatic rings. The van der Waals surface area contributed by atoms with Gasteiger partial charge in [0.2, 0.25) is 0 Å². The lowest BCUT2D eigenvalue weighted by Crippen LogP contribution is -2.60. The molecule has 2 atom stereocenters. The highest BCUT2D eigenvalue weighted by atomic mass is 16.7. The first-order valence-electron chi connectivity index (χ1n) is 6.54. The Balaban J connectivity index is 2.62. The first-order chi connectivity index (χ1) is 9.60. The number of amides is 1. The monoisotopic (exact) mass is 303 g/mol. The molecule has 1 amide bonds. The molecule has 21 heavy (non-hydrogen) atoms. The van der Waals surface area contributed by atoms with Crippen molar-refractivity contribution >= 4 is 12.1 Å². The number of rotatable bonds is 2. The zero-order valence-corrected chi connectivity index (χ0v) is 12.3. The summed E-state index contributed by atoms with van der Waals surface area (Å²) in [5.74, 6) is -0.525. The van der Waals surface area contributed by atoms with Gasteiger partial charge in [0.1, 0.15) is 11.8 Å². The van der Waals surface area contributed by atoms with E-state index in [9.17, 15) is 20.0 Å². The van der Waals surface area contributed by atoms with Crippen LogP contribution in [0.25, 0.3) is 0 Å². The molecular weight excluding hydrogens is 282 g/mol. The van der Waals surface area contributed by atoms with E-state index in [1.165, 1.54) is 0 Å². The number of hydrogen-bond acceptors (Lipinski definition) is 6. The molecule has 0 aliphatic carbocycles. The summed E-state index contributed by atoms with van der Waals surface area (Å²) in [6.45, 7) is 5.43. The molecule has 1 aliphatic heterocycles. The van der Waals surface area contributed by atoms with E-state index >= 15 is 0 Å². The van der Waals surface area contributed by atoms with Crippen LogP contribution in [0.15, 0.2) is 0 Å². The van der Waals surface area contributed by atoms with Crippen molar-refractivity contribution in [3.8, 4) is 0 Å². The van der Waals surface area contributed by atoms with E-state index in [-0.39, 0.29) is 6.54 Å². The van der Waals surface area contributed by atoms with Gasteiger partial charge >= 0.3 is 6.09 Å². The zero-order chi connectivity index (χ0) is 16.2. The minimum absolute atomic E-state index is 0.285. The van der Waals surface area contributed by atoms with Crippen LogP contribution in [0.5, 0.6) is 0 Å². The highest BCUT2D eigenvalue weighted by molar-refractivity contribution is 5.76. The smallest absolute Gasteiger partial charge is 0.408 e. The van der Waals surface area contributed by atoms with E-state index in [1.807, 2.05) is 0 Å². The number of aliphatic hydroxyl groups excluding tert-OH is 1. The number of ether oxygens (including phenoxy) is 1. The molecule has 1 saturated heterocycles. The normalized spacial score (nSPS) is 22.4. The number of hydrogen-bond donors (Lipinski definition) is 4. The summed E-state index contributed by atoms with van der Waals surface area (Å²) in [5, 5.41) is 29.6. The van der Waals surface area contributed by atoms with E-state index in [0.29, 0.717) is 12.8 Å². The maximum atomic E-state index is 11.7. The van der Waals surface area contributed by atoms with Crippen LogP contribution in [0.4, 0.5) is 4.79 Å². The minimum atomic E-state index is -1.23. The molecule has 120 valence electrons. The fourth-order valence-electron chi connectivity index (χ4n) is 1.98. The van der Waals surface area contributed by atoms with Crippen molar-refractivity contribution in [1.82, 2.24) is 15.6 Å². The average Bonchev–Trinajstić information content (AvgIpc) is 2.28. The van der Waals surface area contributed by atoms with Crippen molar-refractivity contribution in [2.24, 2.45) is 0 Å². The molecule has 1 unspecified atom stereocenters. The SMILES string of the molecule is CC(C)(C)OC(=O)N[C@H]1CCCN(C(=N)N[N+](=O)[O-])C1O. The van der Waals surface area contributed by atoms with Crippen molar-refractivity contribution in [1.29, 1.82) is 5.41 Å². The lowest BCUT2D eigenvalue weighted by atomic mass is 10.0. The van der Waals surface area contributed by atoms with Gasteiger partial charge in [-0.3, -0.25) is 5.41 Å². The maximum absolute atomic E-state index is 11.7. The molecular formula is C11H21N5O5. The summed E-state index contributed by atoms with van der Waals surface area (Å²) < 4.78 is 5.09. The topological polar surface area (TPSA) is 141 Å². The van der Waals surface area contributed by atoms with Crippen LogP contribution < -0.4 is 10.7 Å². The number of nitrogens with one attached hydrogen (secondary N) is 3. The fourth-order valence-corrected chi connectivity index (χ4v) is 1.98. The Hall–Kier alpha value is -2.10. The van der Waals surface area contributed by atoms with Crippen LogP contribution in [0.2, 0.25) is 0 Å². The predicted molar refractivity (Wildman–Crippen MR) is 73.0 cm³/mol. The van der Waals surface area contributed by atoms with Gasteiger partial charge in [0.05, 0.1) is 6.04 Å². The summed E-state index contributed by atoms with van der Waals surface area (Å²) in [6, 6.07) is -0.664. The standard InChI is InChI=1S/C11H21N5O5/c1-11(2,3)21-10(18)13-7-5-4-6-15(8(7)17)9(12)14-16(19)20/h7-8,17H,4-6H2,1-3H3,(H2,12,14)(H,13,18)/t7-,8?/m0/s1. The molecule has 10 nitrogen and oxygen atoms in total. The Labute approximate surface area is 122 Å². The van der Waals surface area contributed by atoms with Crippen LogP contribution in [0, 0.1) is 15.5 Å². The Morgan fingerprint density at radius 3 is 2.67 bits per heavy atom. The van der Waals surface area contributed by atoms with Gasteiger partial charge < -0.3 is 20.1 Å². The van der Waals surface area contributed by atoms with Gasteiger partial charge in [0.15, 0.2) is 5.03 Å². The molecule has 0 radical (unpaired) electrons. The Morgan fingerprint density at radius 1 is 1.52 bits per heavy atom. The van der Waals surface area contributed by atoms with Crippen molar-refractivity contribution in [3.63, 3.8) is 0 Å². The van der Waals surface area contributed by atoms with Crippen LogP contribution in [0.3, 0.4) is 0 Å². The molecule has 4 N–H and O–H groups in total. The third-order valence-corrected chi connectivity index (χ3v) is 2.78. The number of piperidine rings is 1. The first kappa shape index (κ1) is 17.0. The second-order valence-corrected chi connectivity index (χ2v) is 5.72. The maximum Gasteiger partial charge on any atom is 0.408 e. The molecule has 0 aromatic carbocycles. The molecule has 1 heterocycles. The largest absolute Gasteiger partial charge is 0.444 e. The molecule has 0 bridgehead atoms. The highest BCUT2D eigenvalue weighted by Crippen LogP contribution is 2.16. The van der Waals surface area contributed by atoms with Gasteiger partial charge in [-0.15, -0.1) is 0 Å². The van der Waals surface area contributed by atoms with Crippen molar-refractivity contribution in [2.45, 2.75) is 51.5 Å². The molecule has 0 spiro atoms. The predicted octanol–water partition coefficient (Wildman–Crippen LogP) is 0.00997. The summed E-state index contributed by atoms with van der Waals surface area (Å²) in [7, 11) is 0. The van der Waals surface area contributed by atoms with E-state index in [2.05, 4.69) is 5.32 Å². The van der Waals surface area contributed by atoms with E-state index in [4.69, 9.17) is 10.1 Å². The zero-order valence-electron chi connectivity index (χ0n) is 12.3. The van der Waals surface area contributed by atoms with Gasteiger partial charge in [-0.1, -0.05) is 5.43 Å². The molecule has 0 aromatic heterocycles. The van der Waals surface area contributed by atoms with E-state index in [0.717, 1.165) is 4.90 Å². The summed E-state index contributed by atoms with van der Waals surface area (Å²) in [4.78, 5) is 23.1. The van der Waals surface area contributed by atoms with Gasteiger partial charge in [-0.25, -0.2) is 14.9 Å². The second-order valence-electron chi connectivity index (χ2n) is 5.72. The van der Waals surface area contributed by atoms with E-state index < -0.39 is 35.0 Å². The molecule has 1 fully saturated rings. The van der Waals surface area contributed by atoms with Crippen LogP contribution in [0.1, 0.15) is 33.6 Å². The summed E-state index contributed by atoms with van der Waals surface area (Å²) >= 11 is 0. The average molecular weight is 303 g/mol. The number of nitro groups is 1. The molecule has 0 saturated carbocycles. The van der Waals surface area contributed by atoms with Crippen LogP contribution >= 0.6 is 0 Å². The minimum Gasteiger partial charge on any atom is -0.444 e. The lowest BCUT2D eigenvalue weighted by molar-refractivity contribution is -0.527. The number of guanidine groups is 1. The first-order valence-corrected chi connectivity index (χ1v) is 6.54. The fraction of sp³-hybridized carbons (Fsp3) is 0.818. The van der Waals surface area contributed by atoms with Crippen molar-refractivity contribution in [2.75, 3.05) is 6.54 Å². The van der Waals surface area contributed by atoms with E-state index in [1.54, 1.807) is 26.2 Å². The van der Waals surface area contributed by atoms with Crippen LogP contribution in [-0.2, 0) is 4.74 Å². The van der Waals surface area contributed by atoms with Gasteiger partial charge in [-0.05, 0) is 33.6 Å². The Kier molecular flexibility index (Phi) is 5.30. The Bertz CT molecular complexity index is 422. The molecule has 0 aromatic rings. The number of carbonyl (C=O) groups is 1. The number of nitrogens with zero attached hydrogens (tertiary/aromatic N) is 2. The second kappa shape index (κ2) is 6.57. The van der Waals surface area contributed by atoms with Gasteiger partial charge in [0.25, 0.3) is 5.96 Å².